The van der Waals surface area contributed by atoms with Gasteiger partial charge in [-0.1, -0.05) is 22.0 Å². The Hall–Kier alpha value is -0.820. The minimum absolute atomic E-state index is 0.230. The van der Waals surface area contributed by atoms with Crippen molar-refractivity contribution >= 4 is 27.7 Å². The molecule has 3 N–H and O–H groups in total. The highest BCUT2D eigenvalue weighted by molar-refractivity contribution is 9.10. The molecule has 2 aromatic rings. The predicted octanol–water partition coefficient (Wildman–Crippen LogP) is 2.35. The molecule has 0 fully saturated rings. The van der Waals surface area contributed by atoms with Gasteiger partial charge in [0.15, 0.2) is 0 Å². The molecule has 0 saturated heterocycles. The molecule has 19 heavy (non-hydrogen) atoms. The van der Waals surface area contributed by atoms with E-state index in [4.69, 9.17) is 5.84 Å². The number of aryl methyl sites for hydroxylation is 1. The van der Waals surface area contributed by atoms with Crippen molar-refractivity contribution in [2.45, 2.75) is 17.4 Å². The molecule has 0 spiro atoms. The second kappa shape index (κ2) is 7.09. The van der Waals surface area contributed by atoms with Gasteiger partial charge < -0.3 is 0 Å². The summed E-state index contributed by atoms with van der Waals surface area (Å²) in [6.45, 7) is 0. The Kier molecular flexibility index (Phi) is 5.45. The Morgan fingerprint density at radius 2 is 2.37 bits per heavy atom. The molecule has 0 saturated carbocycles. The fourth-order valence-electron chi connectivity index (χ4n) is 1.78. The first-order valence-electron chi connectivity index (χ1n) is 5.99. The van der Waals surface area contributed by atoms with E-state index in [1.165, 1.54) is 10.5 Å². The summed E-state index contributed by atoms with van der Waals surface area (Å²) in [6.07, 6.45) is 4.79. The number of halogens is 1. The molecule has 0 aliphatic carbocycles. The quantitative estimate of drug-likeness (QED) is 0.481. The van der Waals surface area contributed by atoms with Gasteiger partial charge >= 0.3 is 0 Å². The summed E-state index contributed by atoms with van der Waals surface area (Å²) in [5, 5.41) is 4.17. The molecule has 1 heterocycles. The van der Waals surface area contributed by atoms with Gasteiger partial charge in [-0.3, -0.25) is 16.0 Å². The van der Waals surface area contributed by atoms with Gasteiger partial charge in [0.2, 0.25) is 0 Å². The average molecular weight is 341 g/mol. The number of hydrogen-bond donors (Lipinski definition) is 2. The van der Waals surface area contributed by atoms with Gasteiger partial charge in [0.05, 0.1) is 6.20 Å². The van der Waals surface area contributed by atoms with E-state index in [0.29, 0.717) is 0 Å². The minimum atomic E-state index is 0.230. The molecule has 2 rings (SSSR count). The molecule has 1 aromatic heterocycles. The Morgan fingerprint density at radius 1 is 1.53 bits per heavy atom. The third-order valence-electron chi connectivity index (χ3n) is 2.72. The minimum Gasteiger partial charge on any atom is -0.276 e. The third-order valence-corrected chi connectivity index (χ3v) is 4.37. The Balaban J connectivity index is 1.89. The molecule has 102 valence electrons. The third kappa shape index (κ3) is 4.65. The number of nitrogens with two attached hydrogens (primary N) is 1. The number of hydrazine groups is 1. The van der Waals surface area contributed by atoms with E-state index < -0.39 is 0 Å². The number of hydrogen-bond acceptors (Lipinski definition) is 4. The molecule has 0 radical (unpaired) electrons. The van der Waals surface area contributed by atoms with Crippen LogP contribution in [0.25, 0.3) is 0 Å². The Labute approximate surface area is 125 Å². The van der Waals surface area contributed by atoms with E-state index >= 15 is 0 Å². The summed E-state index contributed by atoms with van der Waals surface area (Å²) >= 11 is 5.27. The smallest absolute Gasteiger partial charge is 0.0522 e. The highest BCUT2D eigenvalue weighted by atomic mass is 79.9. The van der Waals surface area contributed by atoms with Crippen LogP contribution in [0.15, 0.2) is 46.0 Å². The molecule has 0 bridgehead atoms. The normalized spacial score (nSPS) is 12.6. The van der Waals surface area contributed by atoms with Crippen molar-refractivity contribution in [2.75, 3.05) is 5.75 Å². The lowest BCUT2D eigenvalue weighted by molar-refractivity contribution is 0.575. The zero-order chi connectivity index (χ0) is 13.7. The molecule has 0 aliphatic rings. The number of benzene rings is 1. The second-order valence-electron chi connectivity index (χ2n) is 4.36. The predicted molar refractivity (Wildman–Crippen MR) is 82.9 cm³/mol. The van der Waals surface area contributed by atoms with Crippen molar-refractivity contribution < 1.29 is 0 Å². The summed E-state index contributed by atoms with van der Waals surface area (Å²) in [4.78, 5) is 1.24. The average Bonchev–Trinajstić information content (AvgIpc) is 2.80. The maximum absolute atomic E-state index is 5.62. The van der Waals surface area contributed by atoms with E-state index in [0.717, 1.165) is 16.6 Å². The number of thioether (sulfide) groups is 1. The standard InChI is InChI=1S/C13H17BrN4S/c1-18-8-10(7-16-18)5-12(17-15)9-19-13-4-2-3-11(14)6-13/h2-4,6-8,12,17H,5,9,15H2,1H3. The molecule has 4 nitrogen and oxygen atoms in total. The summed E-state index contributed by atoms with van der Waals surface area (Å²) in [6, 6.07) is 8.51. The van der Waals surface area contributed by atoms with Crippen LogP contribution in [0.2, 0.25) is 0 Å². The van der Waals surface area contributed by atoms with Gasteiger partial charge in [0.1, 0.15) is 0 Å². The van der Waals surface area contributed by atoms with E-state index in [2.05, 4.69) is 38.6 Å². The molecule has 0 amide bonds. The topological polar surface area (TPSA) is 55.9 Å². The van der Waals surface area contributed by atoms with Crippen LogP contribution in [0.4, 0.5) is 0 Å². The van der Waals surface area contributed by atoms with Crippen LogP contribution in [0, 0.1) is 0 Å². The van der Waals surface area contributed by atoms with Gasteiger partial charge in [0.25, 0.3) is 0 Å². The van der Waals surface area contributed by atoms with Crippen molar-refractivity contribution in [3.05, 3.63) is 46.7 Å². The second-order valence-corrected chi connectivity index (χ2v) is 6.37. The first-order valence-corrected chi connectivity index (χ1v) is 7.77. The lowest BCUT2D eigenvalue weighted by Gasteiger charge is -2.14. The summed E-state index contributed by atoms with van der Waals surface area (Å²) in [5.74, 6) is 6.54. The van der Waals surface area contributed by atoms with Crippen molar-refractivity contribution in [1.29, 1.82) is 0 Å². The van der Waals surface area contributed by atoms with Crippen LogP contribution in [0.1, 0.15) is 5.56 Å². The van der Waals surface area contributed by atoms with Crippen LogP contribution in [-0.4, -0.2) is 21.6 Å². The first kappa shape index (κ1) is 14.6. The van der Waals surface area contributed by atoms with E-state index in [1.807, 2.05) is 36.3 Å². The number of rotatable bonds is 6. The van der Waals surface area contributed by atoms with Crippen LogP contribution in [0.3, 0.4) is 0 Å². The monoisotopic (exact) mass is 340 g/mol. The summed E-state index contributed by atoms with van der Waals surface area (Å²) in [7, 11) is 1.92. The van der Waals surface area contributed by atoms with Gasteiger partial charge in [0, 0.05) is 34.4 Å². The van der Waals surface area contributed by atoms with Gasteiger partial charge in [-0.05, 0) is 30.2 Å². The van der Waals surface area contributed by atoms with Gasteiger partial charge in [-0.15, -0.1) is 11.8 Å². The molecule has 1 atom stereocenters. The van der Waals surface area contributed by atoms with Crippen molar-refractivity contribution in [3.8, 4) is 0 Å². The van der Waals surface area contributed by atoms with E-state index in [1.54, 1.807) is 11.8 Å². The van der Waals surface area contributed by atoms with Crippen molar-refractivity contribution in [1.82, 2.24) is 15.2 Å². The lowest BCUT2D eigenvalue weighted by Crippen LogP contribution is -2.38. The largest absolute Gasteiger partial charge is 0.276 e. The fraction of sp³-hybridized carbons (Fsp3) is 0.308. The molecule has 1 unspecified atom stereocenters. The number of nitrogens with one attached hydrogen (secondary N) is 1. The first-order chi connectivity index (χ1) is 9.17. The zero-order valence-electron chi connectivity index (χ0n) is 10.7. The molecule has 1 aromatic carbocycles. The van der Waals surface area contributed by atoms with E-state index in [-0.39, 0.29) is 6.04 Å². The number of aromatic nitrogens is 2. The van der Waals surface area contributed by atoms with Crippen LogP contribution in [-0.2, 0) is 13.5 Å². The molecule has 6 heteroatoms. The molecule has 0 aliphatic heterocycles. The van der Waals surface area contributed by atoms with Crippen molar-refractivity contribution in [2.24, 2.45) is 12.9 Å². The molecular formula is C13H17BrN4S. The summed E-state index contributed by atoms with van der Waals surface area (Å²) in [5.41, 5.74) is 4.07. The van der Waals surface area contributed by atoms with Crippen LogP contribution >= 0.6 is 27.7 Å². The van der Waals surface area contributed by atoms with Gasteiger partial charge in [-0.25, -0.2) is 0 Å². The fourth-order valence-corrected chi connectivity index (χ4v) is 3.32. The summed E-state index contributed by atoms with van der Waals surface area (Å²) < 4.78 is 2.91. The highest BCUT2D eigenvalue weighted by Crippen LogP contribution is 2.23. The van der Waals surface area contributed by atoms with Gasteiger partial charge in [-0.2, -0.15) is 5.10 Å². The highest BCUT2D eigenvalue weighted by Gasteiger charge is 2.10. The van der Waals surface area contributed by atoms with Crippen molar-refractivity contribution in [3.63, 3.8) is 0 Å². The van der Waals surface area contributed by atoms with Crippen LogP contribution < -0.4 is 11.3 Å². The van der Waals surface area contributed by atoms with E-state index in [9.17, 15) is 0 Å². The lowest BCUT2D eigenvalue weighted by atomic mass is 10.1. The maximum atomic E-state index is 5.62. The Bertz CT molecular complexity index is 529. The maximum Gasteiger partial charge on any atom is 0.0522 e. The molecular weight excluding hydrogens is 324 g/mol. The number of nitrogens with zero attached hydrogens (tertiary/aromatic N) is 2. The SMILES string of the molecule is Cn1cc(CC(CSc2cccc(Br)c2)NN)cn1. The zero-order valence-corrected chi connectivity index (χ0v) is 13.1. The van der Waals surface area contributed by atoms with Crippen LogP contribution in [0.5, 0.6) is 0 Å². The Morgan fingerprint density at radius 3 is 3.00 bits per heavy atom.